The van der Waals surface area contributed by atoms with E-state index < -0.39 is 5.82 Å². The van der Waals surface area contributed by atoms with Crippen LogP contribution in [0.5, 0.6) is 0 Å². The van der Waals surface area contributed by atoms with Gasteiger partial charge in [-0.05, 0) is 36.8 Å². The molecular weight excluding hydrogens is 321 g/mol. The normalized spacial score (nSPS) is 17.3. The Balaban J connectivity index is 1.57. The van der Waals surface area contributed by atoms with Crippen molar-refractivity contribution in [1.82, 2.24) is 10.1 Å². The molecule has 0 N–H and O–H groups in total. The van der Waals surface area contributed by atoms with Crippen molar-refractivity contribution in [2.75, 3.05) is 11.4 Å². The van der Waals surface area contributed by atoms with E-state index in [9.17, 15) is 9.18 Å². The number of aromatic nitrogens is 2. The van der Waals surface area contributed by atoms with Crippen LogP contribution in [0.2, 0.25) is 0 Å². The zero-order chi connectivity index (χ0) is 17.4. The largest absolute Gasteiger partial charge is 0.334 e. The molecule has 1 aromatic heterocycles. The summed E-state index contributed by atoms with van der Waals surface area (Å²) in [4.78, 5) is 18.2. The summed E-state index contributed by atoms with van der Waals surface area (Å²) in [5.74, 6) is 0.144. The lowest BCUT2D eigenvalue weighted by molar-refractivity contribution is -0.117. The molecule has 126 valence electrons. The summed E-state index contributed by atoms with van der Waals surface area (Å²) in [6.45, 7) is 2.15. The molecule has 0 bridgehead atoms. The van der Waals surface area contributed by atoms with Gasteiger partial charge in [0.2, 0.25) is 5.91 Å². The van der Waals surface area contributed by atoms with Crippen LogP contribution in [-0.4, -0.2) is 22.6 Å². The molecule has 1 aliphatic rings. The second kappa shape index (κ2) is 6.12. The minimum atomic E-state index is -0.396. The van der Waals surface area contributed by atoms with Crippen molar-refractivity contribution in [3.05, 3.63) is 65.7 Å². The molecule has 5 nitrogen and oxygen atoms in total. The number of benzene rings is 2. The van der Waals surface area contributed by atoms with Crippen molar-refractivity contribution in [1.29, 1.82) is 0 Å². The first kappa shape index (κ1) is 15.5. The molecule has 1 saturated heterocycles. The van der Waals surface area contributed by atoms with Gasteiger partial charge in [-0.1, -0.05) is 29.4 Å². The molecular formula is C19H16FN3O2. The highest BCUT2D eigenvalue weighted by Gasteiger charge is 2.35. The standard InChI is InChI=1S/C19H16FN3O2/c1-12-7-8-16(15(20)9-12)23-11-14(10-17(23)24)18-21-19(25-22-18)13-5-3-2-4-6-13/h2-9,14H,10-11H2,1H3. The predicted octanol–water partition coefficient (Wildman–Crippen LogP) is 3.70. The van der Waals surface area contributed by atoms with Crippen LogP contribution in [0, 0.1) is 12.7 Å². The van der Waals surface area contributed by atoms with Gasteiger partial charge in [-0.2, -0.15) is 4.98 Å². The van der Waals surface area contributed by atoms with Crippen LogP contribution >= 0.6 is 0 Å². The summed E-state index contributed by atoms with van der Waals surface area (Å²) in [5.41, 5.74) is 1.94. The van der Waals surface area contributed by atoms with Crippen LogP contribution < -0.4 is 4.90 Å². The molecule has 0 aliphatic carbocycles. The summed E-state index contributed by atoms with van der Waals surface area (Å²) in [6, 6.07) is 14.3. The first-order valence-corrected chi connectivity index (χ1v) is 8.07. The van der Waals surface area contributed by atoms with Gasteiger partial charge in [0, 0.05) is 24.4 Å². The number of hydrogen-bond acceptors (Lipinski definition) is 4. The second-order valence-corrected chi connectivity index (χ2v) is 6.18. The first-order chi connectivity index (χ1) is 12.1. The number of anilines is 1. The van der Waals surface area contributed by atoms with E-state index in [2.05, 4.69) is 10.1 Å². The third kappa shape index (κ3) is 2.91. The van der Waals surface area contributed by atoms with Gasteiger partial charge in [0.1, 0.15) is 5.82 Å². The highest BCUT2D eigenvalue weighted by atomic mass is 19.1. The fourth-order valence-electron chi connectivity index (χ4n) is 3.04. The van der Waals surface area contributed by atoms with Gasteiger partial charge < -0.3 is 9.42 Å². The molecule has 1 aliphatic heterocycles. The zero-order valence-corrected chi connectivity index (χ0v) is 13.6. The number of aryl methyl sites for hydroxylation is 1. The summed E-state index contributed by atoms with van der Waals surface area (Å²) >= 11 is 0. The number of halogens is 1. The van der Waals surface area contributed by atoms with Crippen molar-refractivity contribution in [2.45, 2.75) is 19.3 Å². The smallest absolute Gasteiger partial charge is 0.257 e. The number of amides is 1. The highest BCUT2D eigenvalue weighted by Crippen LogP contribution is 2.33. The van der Waals surface area contributed by atoms with Crippen LogP contribution in [0.1, 0.15) is 23.7 Å². The Morgan fingerprint density at radius 3 is 2.76 bits per heavy atom. The van der Waals surface area contributed by atoms with E-state index >= 15 is 0 Å². The van der Waals surface area contributed by atoms with E-state index in [4.69, 9.17) is 4.52 Å². The Bertz CT molecular complexity index is 923. The molecule has 4 rings (SSSR count). The molecule has 1 atom stereocenters. The summed E-state index contributed by atoms with van der Waals surface area (Å²) in [7, 11) is 0. The minimum Gasteiger partial charge on any atom is -0.334 e. The number of nitrogens with zero attached hydrogens (tertiary/aromatic N) is 3. The van der Waals surface area contributed by atoms with Crippen LogP contribution in [0.4, 0.5) is 10.1 Å². The Labute approximate surface area is 144 Å². The molecule has 1 amide bonds. The second-order valence-electron chi connectivity index (χ2n) is 6.18. The van der Waals surface area contributed by atoms with Gasteiger partial charge in [-0.3, -0.25) is 4.79 Å². The summed E-state index contributed by atoms with van der Waals surface area (Å²) < 4.78 is 19.5. The Hall–Kier alpha value is -3.02. The quantitative estimate of drug-likeness (QED) is 0.731. The zero-order valence-electron chi connectivity index (χ0n) is 13.6. The number of carbonyl (C=O) groups excluding carboxylic acids is 1. The molecule has 0 radical (unpaired) electrons. The molecule has 6 heteroatoms. The average molecular weight is 337 g/mol. The van der Waals surface area contributed by atoms with Crippen LogP contribution in [0.15, 0.2) is 53.1 Å². The van der Waals surface area contributed by atoms with Crippen LogP contribution in [0.25, 0.3) is 11.5 Å². The maximum Gasteiger partial charge on any atom is 0.257 e. The fraction of sp³-hybridized carbons (Fsp3) is 0.211. The third-order valence-electron chi connectivity index (χ3n) is 4.35. The lowest BCUT2D eigenvalue weighted by atomic mass is 10.1. The van der Waals surface area contributed by atoms with E-state index in [-0.39, 0.29) is 18.2 Å². The average Bonchev–Trinajstić information content (AvgIpc) is 3.23. The monoisotopic (exact) mass is 337 g/mol. The molecule has 0 spiro atoms. The van der Waals surface area contributed by atoms with Gasteiger partial charge in [-0.25, -0.2) is 4.39 Å². The maximum absolute atomic E-state index is 14.2. The topological polar surface area (TPSA) is 59.2 Å². The SMILES string of the molecule is Cc1ccc(N2CC(c3noc(-c4ccccc4)n3)CC2=O)c(F)c1. The third-order valence-corrected chi connectivity index (χ3v) is 4.35. The van der Waals surface area contributed by atoms with Gasteiger partial charge in [0.15, 0.2) is 5.82 Å². The lowest BCUT2D eigenvalue weighted by Crippen LogP contribution is -2.25. The molecule has 0 saturated carbocycles. The van der Waals surface area contributed by atoms with Crippen LogP contribution in [-0.2, 0) is 4.79 Å². The number of rotatable bonds is 3. The van der Waals surface area contributed by atoms with Crippen molar-refractivity contribution < 1.29 is 13.7 Å². The maximum atomic E-state index is 14.2. The van der Waals surface area contributed by atoms with Gasteiger partial charge in [0.05, 0.1) is 5.69 Å². The number of hydrogen-bond donors (Lipinski definition) is 0. The summed E-state index contributed by atoms with van der Waals surface area (Å²) in [5, 5.41) is 4.01. The van der Waals surface area contributed by atoms with E-state index in [1.54, 1.807) is 12.1 Å². The minimum absolute atomic E-state index is 0.140. The van der Waals surface area contributed by atoms with Crippen molar-refractivity contribution >= 4 is 11.6 Å². The van der Waals surface area contributed by atoms with E-state index in [0.29, 0.717) is 23.9 Å². The first-order valence-electron chi connectivity index (χ1n) is 8.07. The summed E-state index contributed by atoms with van der Waals surface area (Å²) in [6.07, 6.45) is 0.237. The molecule has 2 heterocycles. The predicted molar refractivity (Wildman–Crippen MR) is 90.6 cm³/mol. The molecule has 1 unspecified atom stereocenters. The van der Waals surface area contributed by atoms with Crippen LogP contribution in [0.3, 0.4) is 0 Å². The number of carbonyl (C=O) groups is 1. The molecule has 25 heavy (non-hydrogen) atoms. The molecule has 2 aromatic carbocycles. The van der Waals surface area contributed by atoms with Gasteiger partial charge >= 0.3 is 0 Å². The Morgan fingerprint density at radius 1 is 1.20 bits per heavy atom. The van der Waals surface area contributed by atoms with Crippen molar-refractivity contribution in [3.63, 3.8) is 0 Å². The Morgan fingerprint density at radius 2 is 2.00 bits per heavy atom. The van der Waals surface area contributed by atoms with Gasteiger partial charge in [0.25, 0.3) is 5.89 Å². The Kier molecular flexibility index (Phi) is 3.80. The molecule has 1 fully saturated rings. The fourth-order valence-corrected chi connectivity index (χ4v) is 3.04. The van der Waals surface area contributed by atoms with E-state index in [1.165, 1.54) is 11.0 Å². The lowest BCUT2D eigenvalue weighted by Gasteiger charge is -2.17. The van der Waals surface area contributed by atoms with Crippen molar-refractivity contribution in [3.8, 4) is 11.5 Å². The highest BCUT2D eigenvalue weighted by molar-refractivity contribution is 5.96. The molecule has 3 aromatic rings. The van der Waals surface area contributed by atoms with E-state index in [0.717, 1.165) is 11.1 Å². The van der Waals surface area contributed by atoms with Crippen molar-refractivity contribution in [2.24, 2.45) is 0 Å². The van der Waals surface area contributed by atoms with E-state index in [1.807, 2.05) is 37.3 Å². The van der Waals surface area contributed by atoms with Gasteiger partial charge in [-0.15, -0.1) is 0 Å².